The molecule has 0 saturated heterocycles. The van der Waals surface area contributed by atoms with E-state index in [1.54, 1.807) is 13.0 Å². The van der Waals surface area contributed by atoms with Crippen LogP contribution >= 0.6 is 11.6 Å². The number of halogens is 2. The first-order valence-electron chi connectivity index (χ1n) is 5.28. The Bertz CT molecular complexity index is 372. The second kappa shape index (κ2) is 5.02. The maximum Gasteiger partial charge on any atom is 0.128 e. The highest BCUT2D eigenvalue weighted by Crippen LogP contribution is 2.25. The number of nitrogens with one attached hydrogen (secondary N) is 1. The van der Waals surface area contributed by atoms with Crippen LogP contribution in [-0.4, -0.2) is 12.1 Å². The monoisotopic (exact) mass is 244 g/mol. The van der Waals surface area contributed by atoms with Crippen molar-refractivity contribution in [3.8, 4) is 0 Å². The third kappa shape index (κ3) is 3.99. The minimum absolute atomic E-state index is 0.233. The van der Waals surface area contributed by atoms with Gasteiger partial charge in [-0.15, -0.1) is 0 Å². The van der Waals surface area contributed by atoms with E-state index in [0.717, 1.165) is 6.42 Å². The summed E-state index contributed by atoms with van der Waals surface area (Å²) in [7, 11) is 0. The van der Waals surface area contributed by atoms with Crippen LogP contribution in [0, 0.1) is 12.7 Å². The first-order valence-corrected chi connectivity index (χ1v) is 5.66. The lowest BCUT2D eigenvalue weighted by atomic mass is 10.0. The molecular formula is C12H18ClFN2. The molecule has 1 rings (SSSR count). The zero-order valence-electron chi connectivity index (χ0n) is 9.90. The molecule has 1 aromatic carbocycles. The Balaban J connectivity index is 2.64. The summed E-state index contributed by atoms with van der Waals surface area (Å²) in [5, 5.41) is 3.62. The van der Waals surface area contributed by atoms with E-state index in [1.807, 2.05) is 13.8 Å². The average molecular weight is 245 g/mol. The van der Waals surface area contributed by atoms with Crippen LogP contribution in [0.4, 0.5) is 10.1 Å². The molecule has 1 aromatic rings. The first-order chi connectivity index (χ1) is 7.29. The highest BCUT2D eigenvalue weighted by Gasteiger charge is 2.10. The lowest BCUT2D eigenvalue weighted by Crippen LogP contribution is -2.34. The van der Waals surface area contributed by atoms with Gasteiger partial charge >= 0.3 is 0 Å². The zero-order chi connectivity index (χ0) is 12.3. The van der Waals surface area contributed by atoms with Crippen molar-refractivity contribution in [3.05, 3.63) is 28.5 Å². The maximum atomic E-state index is 13.3. The van der Waals surface area contributed by atoms with Gasteiger partial charge in [-0.05, 0) is 44.9 Å². The minimum atomic E-state index is -0.251. The van der Waals surface area contributed by atoms with E-state index in [1.165, 1.54) is 6.07 Å². The Labute approximate surface area is 101 Å². The van der Waals surface area contributed by atoms with Crippen molar-refractivity contribution in [2.75, 3.05) is 11.9 Å². The van der Waals surface area contributed by atoms with Crippen LogP contribution in [0.5, 0.6) is 0 Å². The summed E-state index contributed by atoms with van der Waals surface area (Å²) in [4.78, 5) is 0. The Morgan fingerprint density at radius 3 is 2.62 bits per heavy atom. The lowest BCUT2D eigenvalue weighted by molar-refractivity contribution is 0.490. The summed E-state index contributed by atoms with van der Waals surface area (Å²) >= 11 is 5.99. The van der Waals surface area contributed by atoms with Crippen molar-refractivity contribution >= 4 is 17.3 Å². The maximum absolute atomic E-state index is 13.3. The molecule has 0 aliphatic carbocycles. The molecule has 0 radical (unpaired) electrons. The highest BCUT2D eigenvalue weighted by atomic mass is 35.5. The lowest BCUT2D eigenvalue weighted by Gasteiger charge is -2.19. The fourth-order valence-electron chi connectivity index (χ4n) is 1.30. The van der Waals surface area contributed by atoms with Crippen molar-refractivity contribution in [1.29, 1.82) is 0 Å². The normalized spacial score (nSPS) is 11.6. The van der Waals surface area contributed by atoms with Gasteiger partial charge in [-0.2, -0.15) is 0 Å². The molecule has 0 aliphatic rings. The molecule has 0 saturated carbocycles. The van der Waals surface area contributed by atoms with Gasteiger partial charge < -0.3 is 11.1 Å². The van der Waals surface area contributed by atoms with Crippen molar-refractivity contribution in [1.82, 2.24) is 0 Å². The summed E-state index contributed by atoms with van der Waals surface area (Å²) in [6.45, 7) is 6.26. The molecule has 0 bridgehead atoms. The van der Waals surface area contributed by atoms with Gasteiger partial charge in [-0.1, -0.05) is 11.6 Å². The second-order valence-corrected chi connectivity index (χ2v) is 5.15. The molecule has 0 amide bonds. The summed E-state index contributed by atoms with van der Waals surface area (Å²) in [5.74, 6) is -0.251. The van der Waals surface area contributed by atoms with Crippen LogP contribution in [0.3, 0.4) is 0 Å². The molecule has 3 N–H and O–H groups in total. The molecule has 2 nitrogen and oxygen atoms in total. The third-order valence-corrected chi connectivity index (χ3v) is 2.65. The largest absolute Gasteiger partial charge is 0.384 e. The molecule has 16 heavy (non-hydrogen) atoms. The Morgan fingerprint density at radius 1 is 1.44 bits per heavy atom. The van der Waals surface area contributed by atoms with E-state index in [-0.39, 0.29) is 11.4 Å². The van der Waals surface area contributed by atoms with E-state index in [4.69, 9.17) is 17.3 Å². The Morgan fingerprint density at radius 2 is 2.06 bits per heavy atom. The molecule has 0 unspecified atom stereocenters. The minimum Gasteiger partial charge on any atom is -0.384 e. The van der Waals surface area contributed by atoms with Crippen LogP contribution in [0.2, 0.25) is 5.02 Å². The van der Waals surface area contributed by atoms with Crippen molar-refractivity contribution in [3.63, 3.8) is 0 Å². The number of aryl methyl sites for hydroxylation is 1. The number of hydrogen-bond acceptors (Lipinski definition) is 2. The molecule has 0 heterocycles. The fraction of sp³-hybridized carbons (Fsp3) is 0.500. The standard InChI is InChI=1S/C12H18ClFN2/c1-8-6-9(13)11(7-10(8)14)16-5-4-12(2,3)15/h6-7,16H,4-5,15H2,1-3H3. The van der Waals surface area contributed by atoms with Gasteiger partial charge in [0.05, 0.1) is 10.7 Å². The smallest absolute Gasteiger partial charge is 0.128 e. The van der Waals surface area contributed by atoms with Crippen LogP contribution in [0.15, 0.2) is 12.1 Å². The average Bonchev–Trinajstić information content (AvgIpc) is 2.11. The summed E-state index contributed by atoms with van der Waals surface area (Å²) in [5.41, 5.74) is 6.78. The number of anilines is 1. The van der Waals surface area contributed by atoms with Gasteiger partial charge in [0.1, 0.15) is 5.82 Å². The van der Waals surface area contributed by atoms with Crippen molar-refractivity contribution < 1.29 is 4.39 Å². The summed E-state index contributed by atoms with van der Waals surface area (Å²) in [6, 6.07) is 3.04. The molecule has 0 aromatic heterocycles. The van der Waals surface area contributed by atoms with Crippen molar-refractivity contribution in [2.24, 2.45) is 5.73 Å². The molecule has 0 spiro atoms. The molecule has 0 fully saturated rings. The van der Waals surface area contributed by atoms with Gasteiger partial charge in [-0.25, -0.2) is 4.39 Å². The number of rotatable bonds is 4. The van der Waals surface area contributed by atoms with Crippen molar-refractivity contribution in [2.45, 2.75) is 32.7 Å². The van der Waals surface area contributed by atoms with Gasteiger partial charge in [0.15, 0.2) is 0 Å². The van der Waals surface area contributed by atoms with Crippen LogP contribution in [0.25, 0.3) is 0 Å². The second-order valence-electron chi connectivity index (χ2n) is 4.75. The van der Waals surface area contributed by atoms with Gasteiger partial charge in [0.2, 0.25) is 0 Å². The summed E-state index contributed by atoms with van der Waals surface area (Å²) < 4.78 is 13.3. The van der Waals surface area contributed by atoms with E-state index in [2.05, 4.69) is 5.32 Å². The highest BCUT2D eigenvalue weighted by molar-refractivity contribution is 6.33. The number of hydrogen-bond donors (Lipinski definition) is 2. The number of nitrogens with two attached hydrogens (primary N) is 1. The third-order valence-electron chi connectivity index (χ3n) is 2.33. The number of benzene rings is 1. The molecular weight excluding hydrogens is 227 g/mol. The predicted octanol–water partition coefficient (Wildman–Crippen LogP) is 3.33. The summed E-state index contributed by atoms with van der Waals surface area (Å²) in [6.07, 6.45) is 0.791. The van der Waals surface area contributed by atoms with Crippen LogP contribution < -0.4 is 11.1 Å². The van der Waals surface area contributed by atoms with Crippen LogP contribution in [-0.2, 0) is 0 Å². The van der Waals surface area contributed by atoms with Crippen LogP contribution in [0.1, 0.15) is 25.8 Å². The molecule has 90 valence electrons. The van der Waals surface area contributed by atoms with Gasteiger partial charge in [0, 0.05) is 12.1 Å². The Kier molecular flexibility index (Phi) is 4.16. The zero-order valence-corrected chi connectivity index (χ0v) is 10.7. The van der Waals surface area contributed by atoms with E-state index >= 15 is 0 Å². The van der Waals surface area contributed by atoms with E-state index < -0.39 is 0 Å². The molecule has 0 atom stereocenters. The van der Waals surface area contributed by atoms with E-state index in [0.29, 0.717) is 22.8 Å². The van der Waals surface area contributed by atoms with E-state index in [9.17, 15) is 4.39 Å². The SMILES string of the molecule is Cc1cc(Cl)c(NCCC(C)(C)N)cc1F. The molecule has 4 heteroatoms. The van der Waals surface area contributed by atoms with Gasteiger partial charge in [0.25, 0.3) is 0 Å². The quantitative estimate of drug-likeness (QED) is 0.853. The first kappa shape index (κ1) is 13.3. The fourth-order valence-corrected chi connectivity index (χ4v) is 1.59. The topological polar surface area (TPSA) is 38.0 Å². The Hall–Kier alpha value is -0.800. The predicted molar refractivity (Wildman–Crippen MR) is 67.5 cm³/mol. The molecule has 0 aliphatic heterocycles. The van der Waals surface area contributed by atoms with Gasteiger partial charge in [-0.3, -0.25) is 0 Å².